The van der Waals surface area contributed by atoms with Crippen LogP contribution in [0.4, 0.5) is 5.69 Å². The van der Waals surface area contributed by atoms with E-state index in [-0.39, 0.29) is 23.0 Å². The molecular formula is C20H17ClN4O2S. The highest BCUT2D eigenvalue weighted by Crippen LogP contribution is 2.35. The third-order valence-corrected chi connectivity index (χ3v) is 6.44. The van der Waals surface area contributed by atoms with Crippen LogP contribution in [0.3, 0.4) is 0 Å². The van der Waals surface area contributed by atoms with E-state index in [1.54, 1.807) is 17.4 Å². The van der Waals surface area contributed by atoms with E-state index in [1.807, 2.05) is 6.07 Å². The molecule has 0 radical (unpaired) electrons. The van der Waals surface area contributed by atoms with Gasteiger partial charge in [0.2, 0.25) is 5.91 Å². The molecule has 1 atom stereocenters. The van der Waals surface area contributed by atoms with Crippen LogP contribution < -0.4 is 10.9 Å². The van der Waals surface area contributed by atoms with Gasteiger partial charge in [-0.25, -0.2) is 4.98 Å². The molecule has 142 valence electrons. The minimum absolute atomic E-state index is 0.138. The number of hydrogen-bond acceptors (Lipinski definition) is 5. The van der Waals surface area contributed by atoms with Crippen LogP contribution in [0, 0.1) is 17.2 Å². The van der Waals surface area contributed by atoms with Crippen LogP contribution in [-0.2, 0) is 24.2 Å². The Balaban J connectivity index is 1.59. The number of aromatic nitrogens is 2. The molecule has 8 heteroatoms. The van der Waals surface area contributed by atoms with Gasteiger partial charge in [0.25, 0.3) is 5.56 Å². The average molecular weight is 413 g/mol. The second-order valence-electron chi connectivity index (χ2n) is 7.06. The van der Waals surface area contributed by atoms with Gasteiger partial charge in [-0.15, -0.1) is 11.3 Å². The lowest BCUT2D eigenvalue weighted by molar-refractivity contribution is -0.116. The summed E-state index contributed by atoms with van der Waals surface area (Å²) in [5, 5.41) is 12.5. The molecule has 1 aliphatic rings. The fourth-order valence-electron chi connectivity index (χ4n) is 3.52. The van der Waals surface area contributed by atoms with E-state index in [4.69, 9.17) is 16.9 Å². The third-order valence-electron chi connectivity index (χ3n) is 4.97. The number of halogens is 1. The number of rotatable bonds is 3. The van der Waals surface area contributed by atoms with Crippen molar-refractivity contribution in [2.45, 2.75) is 32.7 Å². The van der Waals surface area contributed by atoms with Gasteiger partial charge in [-0.1, -0.05) is 18.5 Å². The van der Waals surface area contributed by atoms with Gasteiger partial charge in [-0.3, -0.25) is 14.2 Å². The molecule has 0 bridgehead atoms. The molecule has 0 fully saturated rings. The number of nitriles is 1. The standard InChI is InChI=1S/C20H17ClN4O2S/c1-11-2-5-14-16(6-11)28-19-18(14)20(27)25(10-23-19)9-17(26)24-13-4-3-12(8-22)15(21)7-13/h3-4,7,10-11H,2,5-6,9H2,1H3,(H,24,26)/t11-/m0/s1. The summed E-state index contributed by atoms with van der Waals surface area (Å²) in [5.74, 6) is 0.259. The Morgan fingerprint density at radius 3 is 3.07 bits per heavy atom. The minimum atomic E-state index is -0.359. The first kappa shape index (κ1) is 18.7. The van der Waals surface area contributed by atoms with Gasteiger partial charge in [0.1, 0.15) is 17.4 Å². The van der Waals surface area contributed by atoms with E-state index < -0.39 is 0 Å². The van der Waals surface area contributed by atoms with Crippen molar-refractivity contribution in [1.29, 1.82) is 5.26 Å². The molecule has 28 heavy (non-hydrogen) atoms. The van der Waals surface area contributed by atoms with E-state index in [0.29, 0.717) is 22.6 Å². The Morgan fingerprint density at radius 2 is 2.32 bits per heavy atom. The summed E-state index contributed by atoms with van der Waals surface area (Å²) in [6.07, 6.45) is 4.36. The number of amides is 1. The van der Waals surface area contributed by atoms with Gasteiger partial charge < -0.3 is 5.32 Å². The molecule has 0 spiro atoms. The minimum Gasteiger partial charge on any atom is -0.324 e. The normalized spacial score (nSPS) is 15.8. The van der Waals surface area contributed by atoms with Crippen molar-refractivity contribution >= 4 is 44.7 Å². The summed E-state index contributed by atoms with van der Waals surface area (Å²) in [5.41, 5.74) is 1.73. The number of carbonyl (C=O) groups is 1. The molecule has 0 saturated carbocycles. The van der Waals surface area contributed by atoms with Gasteiger partial charge in [0.15, 0.2) is 0 Å². The van der Waals surface area contributed by atoms with Crippen LogP contribution >= 0.6 is 22.9 Å². The molecule has 1 amide bonds. The summed E-state index contributed by atoms with van der Waals surface area (Å²) < 4.78 is 1.34. The number of nitrogens with zero attached hydrogens (tertiary/aromatic N) is 3. The molecule has 0 saturated heterocycles. The lowest BCUT2D eigenvalue weighted by Crippen LogP contribution is -2.28. The summed E-state index contributed by atoms with van der Waals surface area (Å²) in [6, 6.07) is 6.62. The van der Waals surface area contributed by atoms with Crippen molar-refractivity contribution in [3.63, 3.8) is 0 Å². The van der Waals surface area contributed by atoms with Gasteiger partial charge in [0.05, 0.1) is 22.3 Å². The first-order valence-electron chi connectivity index (χ1n) is 8.95. The highest BCUT2D eigenvalue weighted by molar-refractivity contribution is 7.18. The molecule has 1 N–H and O–H groups in total. The zero-order valence-electron chi connectivity index (χ0n) is 15.2. The second-order valence-corrected chi connectivity index (χ2v) is 8.55. The van der Waals surface area contributed by atoms with Crippen molar-refractivity contribution < 1.29 is 4.79 Å². The van der Waals surface area contributed by atoms with Gasteiger partial charge >= 0.3 is 0 Å². The molecule has 2 aromatic heterocycles. The van der Waals surface area contributed by atoms with Crippen molar-refractivity contribution in [2.24, 2.45) is 5.92 Å². The number of benzene rings is 1. The number of thiophene rings is 1. The van der Waals surface area contributed by atoms with E-state index in [2.05, 4.69) is 17.2 Å². The van der Waals surface area contributed by atoms with Crippen LogP contribution in [0.1, 0.15) is 29.3 Å². The smallest absolute Gasteiger partial charge is 0.262 e. The predicted octanol–water partition coefficient (Wildman–Crippen LogP) is 3.75. The summed E-state index contributed by atoms with van der Waals surface area (Å²) in [4.78, 5) is 31.8. The Morgan fingerprint density at radius 1 is 1.50 bits per heavy atom. The Kier molecular flexibility index (Phi) is 4.92. The molecule has 4 rings (SSSR count). The monoisotopic (exact) mass is 412 g/mol. The van der Waals surface area contributed by atoms with E-state index in [9.17, 15) is 9.59 Å². The van der Waals surface area contributed by atoms with Crippen molar-refractivity contribution in [3.8, 4) is 6.07 Å². The number of fused-ring (bicyclic) bond motifs is 3. The van der Waals surface area contributed by atoms with Crippen LogP contribution in [0.25, 0.3) is 10.2 Å². The maximum atomic E-state index is 13.0. The van der Waals surface area contributed by atoms with Crippen LogP contribution in [-0.4, -0.2) is 15.5 Å². The molecule has 6 nitrogen and oxygen atoms in total. The number of anilines is 1. The zero-order chi connectivity index (χ0) is 19.8. The van der Waals surface area contributed by atoms with Crippen molar-refractivity contribution in [1.82, 2.24) is 9.55 Å². The van der Waals surface area contributed by atoms with Gasteiger partial charge in [-0.05, 0) is 48.9 Å². The quantitative estimate of drug-likeness (QED) is 0.709. The molecule has 0 unspecified atom stereocenters. The zero-order valence-corrected chi connectivity index (χ0v) is 16.7. The molecule has 1 aliphatic carbocycles. The van der Waals surface area contributed by atoms with Crippen LogP contribution in [0.15, 0.2) is 29.3 Å². The van der Waals surface area contributed by atoms with E-state index in [0.717, 1.165) is 29.7 Å². The summed E-state index contributed by atoms with van der Waals surface area (Å²) >= 11 is 7.58. The number of nitrogens with one attached hydrogen (secondary N) is 1. The highest BCUT2D eigenvalue weighted by Gasteiger charge is 2.23. The molecular weight excluding hydrogens is 396 g/mol. The van der Waals surface area contributed by atoms with Gasteiger partial charge in [0, 0.05) is 10.6 Å². The Labute approximate surface area is 170 Å². The van der Waals surface area contributed by atoms with Crippen LogP contribution in [0.2, 0.25) is 5.02 Å². The largest absolute Gasteiger partial charge is 0.324 e. The maximum absolute atomic E-state index is 13.0. The Hall–Kier alpha value is -2.69. The number of aryl methyl sites for hydroxylation is 1. The SMILES string of the molecule is C[C@H]1CCc2c(sc3ncn(CC(=O)Nc4ccc(C#N)c(Cl)c4)c(=O)c23)C1. The number of carbonyl (C=O) groups excluding carboxylic acids is 1. The van der Waals surface area contributed by atoms with E-state index >= 15 is 0 Å². The van der Waals surface area contributed by atoms with Gasteiger partial charge in [-0.2, -0.15) is 5.26 Å². The summed E-state index contributed by atoms with van der Waals surface area (Å²) in [7, 11) is 0. The van der Waals surface area contributed by atoms with E-state index in [1.165, 1.54) is 27.9 Å². The van der Waals surface area contributed by atoms with Crippen molar-refractivity contribution in [3.05, 3.63) is 55.9 Å². The third kappa shape index (κ3) is 3.41. The lowest BCUT2D eigenvalue weighted by atomic mass is 9.89. The Bertz CT molecular complexity index is 1190. The fourth-order valence-corrected chi connectivity index (χ4v) is 5.08. The average Bonchev–Trinajstić information content (AvgIpc) is 3.02. The fraction of sp³-hybridized carbons (Fsp3) is 0.300. The topological polar surface area (TPSA) is 87.8 Å². The lowest BCUT2D eigenvalue weighted by Gasteiger charge is -2.17. The molecule has 1 aromatic carbocycles. The van der Waals surface area contributed by atoms with Crippen molar-refractivity contribution in [2.75, 3.05) is 5.32 Å². The molecule has 3 aromatic rings. The first-order chi connectivity index (χ1) is 13.5. The predicted molar refractivity (Wildman–Crippen MR) is 110 cm³/mol. The first-order valence-corrected chi connectivity index (χ1v) is 10.1. The highest BCUT2D eigenvalue weighted by atomic mass is 35.5. The second kappa shape index (κ2) is 7.38. The number of hydrogen-bond donors (Lipinski definition) is 1. The molecule has 2 heterocycles. The summed E-state index contributed by atoms with van der Waals surface area (Å²) in [6.45, 7) is 2.08. The maximum Gasteiger partial charge on any atom is 0.262 e. The van der Waals surface area contributed by atoms with Crippen LogP contribution in [0.5, 0.6) is 0 Å². The molecule has 0 aliphatic heterocycles.